The fourth-order valence-corrected chi connectivity index (χ4v) is 5.95. The number of alkyl halides is 3. The maximum Gasteiger partial charge on any atom is 0.418 e. The number of amides is 1. The van der Waals surface area contributed by atoms with Crippen molar-refractivity contribution in [3.63, 3.8) is 0 Å². The fourth-order valence-electron chi connectivity index (χ4n) is 5.95. The molecule has 1 aliphatic heterocycles. The minimum absolute atomic E-state index is 0.0673. The molecule has 1 aromatic carbocycles. The zero-order valence-corrected chi connectivity index (χ0v) is 17.8. The molecule has 5 nitrogen and oxygen atoms in total. The first-order valence-corrected chi connectivity index (χ1v) is 11.0. The highest BCUT2D eigenvalue weighted by molar-refractivity contribution is 5.89. The molecule has 1 amide bonds. The lowest BCUT2D eigenvalue weighted by atomic mass is 9.45. The number of carbonyl (C=O) groups is 2. The highest BCUT2D eigenvalue weighted by Gasteiger charge is 2.54. The van der Waals surface area contributed by atoms with Gasteiger partial charge in [-0.3, -0.25) is 4.79 Å². The van der Waals surface area contributed by atoms with Crippen LogP contribution in [0.15, 0.2) is 18.2 Å². The van der Waals surface area contributed by atoms with Crippen molar-refractivity contribution >= 4 is 17.6 Å². The second-order valence-corrected chi connectivity index (χ2v) is 9.91. The lowest BCUT2D eigenvalue weighted by Crippen LogP contribution is -2.54. The predicted molar refractivity (Wildman–Crippen MR) is 110 cm³/mol. The number of halogens is 3. The number of carboxylic acids is 1. The van der Waals surface area contributed by atoms with Gasteiger partial charge in [0.15, 0.2) is 0 Å². The van der Waals surface area contributed by atoms with Gasteiger partial charge in [-0.05, 0) is 67.1 Å². The van der Waals surface area contributed by atoms with Gasteiger partial charge in [0.1, 0.15) is 0 Å². The van der Waals surface area contributed by atoms with E-state index in [-0.39, 0.29) is 24.1 Å². The summed E-state index contributed by atoms with van der Waals surface area (Å²) >= 11 is 0. The molecule has 1 unspecified atom stereocenters. The van der Waals surface area contributed by atoms with Crippen LogP contribution in [0.5, 0.6) is 0 Å². The summed E-state index contributed by atoms with van der Waals surface area (Å²) in [4.78, 5) is 25.4. The average molecular weight is 438 g/mol. The third-order valence-electron chi connectivity index (χ3n) is 7.99. The van der Waals surface area contributed by atoms with Gasteiger partial charge < -0.3 is 15.3 Å². The van der Waals surface area contributed by atoms with Crippen LogP contribution in [-0.2, 0) is 11.0 Å². The van der Waals surface area contributed by atoms with Gasteiger partial charge in [-0.2, -0.15) is 13.2 Å². The van der Waals surface area contributed by atoms with Crippen molar-refractivity contribution in [2.24, 2.45) is 29.1 Å². The predicted octanol–water partition coefficient (Wildman–Crippen LogP) is 4.42. The topological polar surface area (TPSA) is 69.6 Å². The van der Waals surface area contributed by atoms with Crippen molar-refractivity contribution in [2.75, 3.05) is 24.5 Å². The summed E-state index contributed by atoms with van der Waals surface area (Å²) in [6.07, 6.45) is -0.632. The van der Waals surface area contributed by atoms with E-state index in [0.717, 1.165) is 12.3 Å². The number of nitrogens with one attached hydrogen (secondary N) is 1. The molecule has 1 saturated heterocycles. The van der Waals surface area contributed by atoms with Crippen LogP contribution in [0.25, 0.3) is 0 Å². The molecule has 170 valence electrons. The number of carboxylic acid groups (broad SMARTS) is 1. The van der Waals surface area contributed by atoms with Gasteiger partial charge in [-0.15, -0.1) is 0 Å². The van der Waals surface area contributed by atoms with Crippen LogP contribution >= 0.6 is 0 Å². The molecule has 0 radical (unpaired) electrons. The minimum Gasteiger partial charge on any atom is -0.478 e. The first kappa shape index (κ1) is 22.0. The summed E-state index contributed by atoms with van der Waals surface area (Å²) in [5.41, 5.74) is -1.11. The number of hydrogen-bond acceptors (Lipinski definition) is 3. The molecule has 1 aromatic rings. The summed E-state index contributed by atoms with van der Waals surface area (Å²) in [6.45, 7) is 5.78. The maximum atomic E-state index is 13.5. The third-order valence-corrected chi connectivity index (χ3v) is 7.99. The van der Waals surface area contributed by atoms with Crippen LogP contribution in [0.4, 0.5) is 18.9 Å². The van der Waals surface area contributed by atoms with Gasteiger partial charge in [0, 0.05) is 25.3 Å². The van der Waals surface area contributed by atoms with E-state index in [4.69, 9.17) is 5.11 Å². The van der Waals surface area contributed by atoms with Crippen molar-refractivity contribution in [2.45, 2.75) is 45.7 Å². The Morgan fingerprint density at radius 2 is 1.97 bits per heavy atom. The molecule has 4 aliphatic rings. The van der Waals surface area contributed by atoms with Crippen LogP contribution in [0.1, 0.15) is 55.5 Å². The Bertz CT molecular complexity index is 881. The summed E-state index contributed by atoms with van der Waals surface area (Å²) in [5, 5.41) is 12.1. The number of aromatic carboxylic acids is 1. The van der Waals surface area contributed by atoms with E-state index in [0.29, 0.717) is 42.8 Å². The molecule has 0 spiro atoms. The monoisotopic (exact) mass is 438 g/mol. The normalized spacial score (nSPS) is 29.4. The number of carbonyl (C=O) groups excluding carboxylic acids is 1. The highest BCUT2D eigenvalue weighted by Crippen LogP contribution is 2.61. The standard InChI is InChI=1S/C23H29F3N2O3/c1-22(2)16-5-3-14(17(22)10-16)11-27-20(29)15-7-8-28(12-15)19-6-4-13(21(30)31)9-18(19)23(24,25)26/h4,6,9,14-17H,3,5,7-8,10-12H2,1-2H3,(H,27,29)(H,30,31)/t14-,15?,16-,17-/m0/s1. The van der Waals surface area contributed by atoms with Crippen molar-refractivity contribution in [1.82, 2.24) is 5.32 Å². The highest BCUT2D eigenvalue weighted by atomic mass is 19.4. The summed E-state index contributed by atoms with van der Waals surface area (Å²) in [6, 6.07) is 3.04. The van der Waals surface area contributed by atoms with E-state index in [1.54, 1.807) is 4.90 Å². The van der Waals surface area contributed by atoms with Crippen LogP contribution < -0.4 is 10.2 Å². The van der Waals surface area contributed by atoms with E-state index in [1.165, 1.54) is 25.0 Å². The number of fused-ring (bicyclic) bond motifs is 2. The average Bonchev–Trinajstić information content (AvgIpc) is 3.21. The van der Waals surface area contributed by atoms with Gasteiger partial charge in [0.05, 0.1) is 17.0 Å². The number of rotatable bonds is 5. The minimum atomic E-state index is -4.67. The van der Waals surface area contributed by atoms with E-state index >= 15 is 0 Å². The molecule has 5 rings (SSSR count). The zero-order chi connectivity index (χ0) is 22.6. The quantitative estimate of drug-likeness (QED) is 0.714. The van der Waals surface area contributed by atoms with Gasteiger partial charge >= 0.3 is 12.1 Å². The zero-order valence-electron chi connectivity index (χ0n) is 17.8. The fraction of sp³-hybridized carbons (Fsp3) is 0.652. The van der Waals surface area contributed by atoms with Crippen molar-refractivity contribution < 1.29 is 27.9 Å². The SMILES string of the molecule is CC1(C)[C@H]2CC[C@@H](CNC(=O)C3CCN(c4ccc(C(=O)O)cc4C(F)(F)F)C3)[C@@H]1C2. The number of anilines is 1. The molecule has 3 saturated carbocycles. The first-order valence-electron chi connectivity index (χ1n) is 11.0. The van der Waals surface area contributed by atoms with E-state index in [9.17, 15) is 22.8 Å². The van der Waals surface area contributed by atoms with Gasteiger partial charge in [0.25, 0.3) is 0 Å². The molecule has 0 aromatic heterocycles. The number of nitrogens with zero attached hydrogens (tertiary/aromatic N) is 1. The molecule has 31 heavy (non-hydrogen) atoms. The Kier molecular flexibility index (Phi) is 5.46. The molecule has 4 atom stereocenters. The van der Waals surface area contributed by atoms with Gasteiger partial charge in [-0.1, -0.05) is 13.8 Å². The number of hydrogen-bond donors (Lipinski definition) is 2. The molecule has 8 heteroatoms. The Morgan fingerprint density at radius 3 is 2.58 bits per heavy atom. The Labute approximate surface area is 180 Å². The Hall–Kier alpha value is -2.25. The molecule has 4 fully saturated rings. The van der Waals surface area contributed by atoms with Crippen molar-refractivity contribution in [3.05, 3.63) is 29.3 Å². The lowest BCUT2D eigenvalue weighted by Gasteiger charge is -2.60. The van der Waals surface area contributed by atoms with Crippen LogP contribution in [0.2, 0.25) is 0 Å². The van der Waals surface area contributed by atoms with Crippen LogP contribution in [-0.4, -0.2) is 36.6 Å². The van der Waals surface area contributed by atoms with Crippen molar-refractivity contribution in [1.29, 1.82) is 0 Å². The second kappa shape index (κ2) is 7.71. The van der Waals surface area contributed by atoms with Crippen LogP contribution in [0, 0.1) is 29.1 Å². The van der Waals surface area contributed by atoms with E-state index < -0.39 is 23.3 Å². The van der Waals surface area contributed by atoms with Gasteiger partial charge in [-0.25, -0.2) is 4.79 Å². The largest absolute Gasteiger partial charge is 0.478 e. The molecule has 1 heterocycles. The second-order valence-electron chi connectivity index (χ2n) is 9.91. The smallest absolute Gasteiger partial charge is 0.418 e. The molecular formula is C23H29F3N2O3. The van der Waals surface area contributed by atoms with E-state index in [2.05, 4.69) is 19.2 Å². The summed E-state index contributed by atoms with van der Waals surface area (Å²) in [5.74, 6) is 0.0293. The maximum absolute atomic E-state index is 13.5. The Balaban J connectivity index is 1.39. The first-order chi connectivity index (χ1) is 14.5. The molecular weight excluding hydrogens is 409 g/mol. The molecule has 2 N–H and O–H groups in total. The number of benzene rings is 1. The lowest BCUT2D eigenvalue weighted by molar-refractivity contribution is -0.137. The van der Waals surface area contributed by atoms with Gasteiger partial charge in [0.2, 0.25) is 5.91 Å². The molecule has 2 bridgehead atoms. The van der Waals surface area contributed by atoms with Crippen molar-refractivity contribution in [3.8, 4) is 0 Å². The summed E-state index contributed by atoms with van der Waals surface area (Å²) < 4.78 is 40.6. The summed E-state index contributed by atoms with van der Waals surface area (Å²) in [7, 11) is 0. The Morgan fingerprint density at radius 1 is 1.23 bits per heavy atom. The van der Waals surface area contributed by atoms with E-state index in [1.807, 2.05) is 0 Å². The third kappa shape index (κ3) is 4.01. The molecule has 3 aliphatic carbocycles. The van der Waals surface area contributed by atoms with Crippen LogP contribution in [0.3, 0.4) is 0 Å².